The summed E-state index contributed by atoms with van der Waals surface area (Å²) in [6.07, 6.45) is 17.2. The molecule has 166 valence electrons. The molecule has 0 heterocycles. The number of ether oxygens (including phenoxy) is 1. The summed E-state index contributed by atoms with van der Waals surface area (Å²) in [6.45, 7) is 11.2. The summed E-state index contributed by atoms with van der Waals surface area (Å²) in [5.74, 6) is -1.39. The van der Waals surface area contributed by atoms with Crippen molar-refractivity contribution in [2.24, 2.45) is 5.41 Å². The van der Waals surface area contributed by atoms with Gasteiger partial charge in [-0.1, -0.05) is 60.9 Å². The molecule has 1 rings (SSSR count). The molecular weight excluding hydrogens is 399 g/mol. The van der Waals surface area contributed by atoms with E-state index in [-0.39, 0.29) is 60.4 Å². The third kappa shape index (κ3) is 12.9. The first kappa shape index (κ1) is 29.6. The molecule has 0 N–H and O–H groups in total. The summed E-state index contributed by atoms with van der Waals surface area (Å²) < 4.78 is 5.14. The zero-order chi connectivity index (χ0) is 22.6. The Morgan fingerprint density at radius 1 is 1.10 bits per heavy atom. The van der Waals surface area contributed by atoms with Crippen LogP contribution in [0.1, 0.15) is 79.6 Å². The van der Waals surface area contributed by atoms with E-state index in [9.17, 15) is 14.7 Å². The van der Waals surface area contributed by atoms with E-state index in [4.69, 9.17) is 4.74 Å². The summed E-state index contributed by atoms with van der Waals surface area (Å²) in [4.78, 5) is 21.9. The van der Waals surface area contributed by atoms with E-state index >= 15 is 0 Å². The number of esters is 1. The second-order valence-corrected chi connectivity index (χ2v) is 8.74. The summed E-state index contributed by atoms with van der Waals surface area (Å²) >= 11 is 0. The minimum absolute atomic E-state index is 0. The number of carbonyl (C=O) groups is 2. The van der Waals surface area contributed by atoms with Crippen LogP contribution in [0.2, 0.25) is 0 Å². The molecule has 0 aromatic heterocycles. The Bertz CT molecular complexity index is 751. The third-order valence-electron chi connectivity index (χ3n) is 5.44. The fraction of sp³-hybridized carbons (Fsp3) is 0.538. The Kier molecular flexibility index (Phi) is 14.8. The smallest absolute Gasteiger partial charge is 0.550 e. The van der Waals surface area contributed by atoms with Gasteiger partial charge >= 0.3 is 35.5 Å². The molecule has 0 radical (unpaired) electrons. The van der Waals surface area contributed by atoms with Gasteiger partial charge in [0, 0.05) is 12.4 Å². The minimum Gasteiger partial charge on any atom is -0.550 e. The van der Waals surface area contributed by atoms with E-state index in [2.05, 4.69) is 45.9 Å². The standard InChI is InChI=1S/C26H38O4.Na/c1-20(15-16-23-22(3)12-9-18-26(23,4)5)10-8-11-21(2)17-19-30-25(29)14-7-6-13-24(27)28;/h8,10-11,15-17H,6-7,9,12-14,18-19H2,1-5H3,(H,27,28);/q;+1/p-1/b11-8+,16-15+,20-10+,21-17+;. The summed E-state index contributed by atoms with van der Waals surface area (Å²) in [5, 5.41) is 10.3. The van der Waals surface area contributed by atoms with E-state index in [0.29, 0.717) is 12.8 Å². The molecule has 0 fully saturated rings. The average Bonchev–Trinajstić information content (AvgIpc) is 2.64. The van der Waals surface area contributed by atoms with Crippen molar-refractivity contribution in [2.75, 3.05) is 6.61 Å². The summed E-state index contributed by atoms with van der Waals surface area (Å²) in [5.41, 5.74) is 5.41. The molecule has 0 atom stereocenters. The quantitative estimate of drug-likeness (QED) is 0.216. The van der Waals surface area contributed by atoms with Crippen molar-refractivity contribution in [3.05, 3.63) is 58.7 Å². The Labute approximate surface area is 210 Å². The van der Waals surface area contributed by atoms with Crippen LogP contribution in [0.5, 0.6) is 0 Å². The Balaban J connectivity index is 0.00000900. The maximum Gasteiger partial charge on any atom is 1.00 e. The molecule has 0 aliphatic heterocycles. The van der Waals surface area contributed by atoms with Crippen LogP contribution < -0.4 is 34.7 Å². The number of unbranched alkanes of at least 4 members (excludes halogenated alkanes) is 1. The zero-order valence-electron chi connectivity index (χ0n) is 20.3. The predicted octanol–water partition coefficient (Wildman–Crippen LogP) is 2.38. The molecule has 4 nitrogen and oxygen atoms in total. The van der Waals surface area contributed by atoms with E-state index in [1.807, 2.05) is 25.2 Å². The number of hydrogen-bond donors (Lipinski definition) is 0. The first-order valence-electron chi connectivity index (χ1n) is 10.9. The van der Waals surface area contributed by atoms with Gasteiger partial charge in [0.2, 0.25) is 0 Å². The molecule has 0 spiro atoms. The molecule has 1 aliphatic carbocycles. The van der Waals surface area contributed by atoms with Crippen LogP contribution in [0.4, 0.5) is 0 Å². The number of carbonyl (C=O) groups excluding carboxylic acids is 2. The van der Waals surface area contributed by atoms with Crippen molar-refractivity contribution in [1.82, 2.24) is 0 Å². The van der Waals surface area contributed by atoms with Gasteiger partial charge in [-0.25, -0.2) is 0 Å². The molecule has 0 amide bonds. The molecule has 0 aromatic carbocycles. The van der Waals surface area contributed by atoms with Crippen molar-refractivity contribution in [3.8, 4) is 0 Å². The molecule has 0 saturated heterocycles. The van der Waals surface area contributed by atoms with Gasteiger partial charge in [0.25, 0.3) is 0 Å². The number of allylic oxidation sites excluding steroid dienone is 9. The Hall–Kier alpha value is -1.36. The number of aliphatic carboxylic acids is 1. The molecule has 0 aromatic rings. The maximum atomic E-state index is 11.6. The van der Waals surface area contributed by atoms with E-state index in [1.165, 1.54) is 36.0 Å². The molecule has 0 bridgehead atoms. The van der Waals surface area contributed by atoms with Gasteiger partial charge in [0.15, 0.2) is 0 Å². The first-order chi connectivity index (χ1) is 14.1. The average molecular weight is 437 g/mol. The Morgan fingerprint density at radius 3 is 2.42 bits per heavy atom. The molecular formula is C26H37NaO4. The molecule has 1 aliphatic rings. The van der Waals surface area contributed by atoms with Crippen LogP contribution >= 0.6 is 0 Å². The van der Waals surface area contributed by atoms with E-state index in [0.717, 1.165) is 5.57 Å². The maximum absolute atomic E-state index is 11.6. The van der Waals surface area contributed by atoms with Gasteiger partial charge in [0.05, 0.1) is 0 Å². The van der Waals surface area contributed by atoms with Crippen molar-refractivity contribution < 1.29 is 49.0 Å². The summed E-state index contributed by atoms with van der Waals surface area (Å²) in [7, 11) is 0. The Morgan fingerprint density at radius 2 is 1.77 bits per heavy atom. The molecule has 5 heteroatoms. The predicted molar refractivity (Wildman–Crippen MR) is 121 cm³/mol. The largest absolute Gasteiger partial charge is 1.00 e. The van der Waals surface area contributed by atoms with Crippen LogP contribution in [0.25, 0.3) is 0 Å². The van der Waals surface area contributed by atoms with Crippen LogP contribution in [0.3, 0.4) is 0 Å². The fourth-order valence-corrected chi connectivity index (χ4v) is 3.58. The van der Waals surface area contributed by atoms with Crippen LogP contribution in [-0.4, -0.2) is 18.5 Å². The third-order valence-corrected chi connectivity index (χ3v) is 5.44. The molecule has 0 saturated carbocycles. The minimum atomic E-state index is -1.08. The second-order valence-electron chi connectivity index (χ2n) is 8.74. The number of hydrogen-bond acceptors (Lipinski definition) is 4. The SMILES string of the molecule is CC1=C(/C=C/C(C)=C/C=C/C(C)=C/COC(=O)CCCCC(=O)[O-])C(C)(C)CCC1.[Na+]. The van der Waals surface area contributed by atoms with Gasteiger partial charge in [-0.15, -0.1) is 0 Å². The van der Waals surface area contributed by atoms with Crippen molar-refractivity contribution >= 4 is 11.9 Å². The topological polar surface area (TPSA) is 66.4 Å². The number of carboxylic acid groups (broad SMARTS) is 1. The van der Waals surface area contributed by atoms with Crippen LogP contribution in [-0.2, 0) is 14.3 Å². The monoisotopic (exact) mass is 436 g/mol. The van der Waals surface area contributed by atoms with E-state index in [1.54, 1.807) is 0 Å². The second kappa shape index (κ2) is 15.4. The number of carboxylic acids is 1. The van der Waals surface area contributed by atoms with Gasteiger partial charge < -0.3 is 14.6 Å². The van der Waals surface area contributed by atoms with Crippen molar-refractivity contribution in [3.63, 3.8) is 0 Å². The van der Waals surface area contributed by atoms with Crippen molar-refractivity contribution in [1.29, 1.82) is 0 Å². The van der Waals surface area contributed by atoms with Crippen LogP contribution in [0.15, 0.2) is 58.7 Å². The normalized spacial score (nSPS) is 17.2. The zero-order valence-corrected chi connectivity index (χ0v) is 22.3. The first-order valence-corrected chi connectivity index (χ1v) is 10.9. The number of rotatable bonds is 11. The van der Waals surface area contributed by atoms with Gasteiger partial charge in [0.1, 0.15) is 6.61 Å². The molecule has 31 heavy (non-hydrogen) atoms. The van der Waals surface area contributed by atoms with Gasteiger partial charge in [-0.05, 0) is 76.4 Å². The summed E-state index contributed by atoms with van der Waals surface area (Å²) in [6, 6.07) is 0. The van der Waals surface area contributed by atoms with Gasteiger partial charge in [-0.3, -0.25) is 4.79 Å². The van der Waals surface area contributed by atoms with Crippen LogP contribution in [0, 0.1) is 5.41 Å². The van der Waals surface area contributed by atoms with Gasteiger partial charge in [-0.2, -0.15) is 0 Å². The van der Waals surface area contributed by atoms with E-state index < -0.39 is 5.97 Å². The molecule has 0 unspecified atom stereocenters. The van der Waals surface area contributed by atoms with Crippen molar-refractivity contribution in [2.45, 2.75) is 79.6 Å². The fourth-order valence-electron chi connectivity index (χ4n) is 3.58.